The molecule has 2 rings (SSSR count). The van der Waals surface area contributed by atoms with Gasteiger partial charge in [-0.2, -0.15) is 0 Å². The SMILES string of the molecule is CN=C(NCCCOCC(C)C)NCCCn1c(C)nc2ccccc21. The first-order valence-electron chi connectivity index (χ1n) is 9.56. The molecule has 0 aliphatic carbocycles. The zero-order chi connectivity index (χ0) is 18.8. The molecule has 0 radical (unpaired) electrons. The average Bonchev–Trinajstić information content (AvgIpc) is 2.94. The molecule has 0 saturated heterocycles. The van der Waals surface area contributed by atoms with Crippen molar-refractivity contribution in [2.75, 3.05) is 33.4 Å². The molecule has 0 saturated carbocycles. The lowest BCUT2D eigenvalue weighted by molar-refractivity contribution is 0.108. The summed E-state index contributed by atoms with van der Waals surface area (Å²) in [4.78, 5) is 8.88. The van der Waals surface area contributed by atoms with Gasteiger partial charge in [0, 0.05) is 39.9 Å². The van der Waals surface area contributed by atoms with Crippen LogP contribution in [0.3, 0.4) is 0 Å². The standard InChI is InChI=1S/C20H33N5O/c1-16(2)15-26-14-8-12-23-20(21-4)22-11-7-13-25-17(3)24-18-9-5-6-10-19(18)25/h5-6,9-10,16H,7-8,11-15H2,1-4H3,(H2,21,22,23). The van der Waals surface area contributed by atoms with Gasteiger partial charge in [0.2, 0.25) is 0 Å². The number of benzene rings is 1. The van der Waals surface area contributed by atoms with E-state index in [4.69, 9.17) is 4.74 Å². The molecular weight excluding hydrogens is 326 g/mol. The Morgan fingerprint density at radius 2 is 1.92 bits per heavy atom. The van der Waals surface area contributed by atoms with Gasteiger partial charge in [-0.1, -0.05) is 26.0 Å². The van der Waals surface area contributed by atoms with Crippen molar-refractivity contribution in [2.24, 2.45) is 10.9 Å². The first-order valence-corrected chi connectivity index (χ1v) is 9.56. The largest absolute Gasteiger partial charge is 0.381 e. The molecule has 26 heavy (non-hydrogen) atoms. The van der Waals surface area contributed by atoms with Gasteiger partial charge in [0.25, 0.3) is 0 Å². The highest BCUT2D eigenvalue weighted by Crippen LogP contribution is 2.15. The minimum Gasteiger partial charge on any atom is -0.381 e. The highest BCUT2D eigenvalue weighted by atomic mass is 16.5. The van der Waals surface area contributed by atoms with Crippen LogP contribution in [-0.2, 0) is 11.3 Å². The van der Waals surface area contributed by atoms with Crippen LogP contribution in [-0.4, -0.2) is 48.9 Å². The van der Waals surface area contributed by atoms with E-state index >= 15 is 0 Å². The Bertz CT molecular complexity index is 693. The number of aliphatic imine (C=N–C) groups is 1. The van der Waals surface area contributed by atoms with E-state index in [0.717, 1.165) is 63.0 Å². The number of aryl methyl sites for hydroxylation is 2. The summed E-state index contributed by atoms with van der Waals surface area (Å²) >= 11 is 0. The van der Waals surface area contributed by atoms with Gasteiger partial charge in [0.05, 0.1) is 11.0 Å². The molecule has 6 nitrogen and oxygen atoms in total. The summed E-state index contributed by atoms with van der Waals surface area (Å²) in [5, 5.41) is 6.70. The molecule has 2 N–H and O–H groups in total. The second-order valence-electron chi connectivity index (χ2n) is 6.90. The van der Waals surface area contributed by atoms with Gasteiger partial charge in [-0.15, -0.1) is 0 Å². The van der Waals surface area contributed by atoms with Crippen molar-refractivity contribution in [1.29, 1.82) is 0 Å². The van der Waals surface area contributed by atoms with Crippen LogP contribution in [0.5, 0.6) is 0 Å². The number of ether oxygens (including phenoxy) is 1. The maximum absolute atomic E-state index is 5.59. The Morgan fingerprint density at radius 1 is 1.19 bits per heavy atom. The molecule has 1 aromatic heterocycles. The first kappa shape index (κ1) is 20.2. The molecule has 0 fully saturated rings. The molecule has 0 atom stereocenters. The number of guanidine groups is 1. The first-order chi connectivity index (χ1) is 12.6. The number of nitrogens with zero attached hydrogens (tertiary/aromatic N) is 3. The highest BCUT2D eigenvalue weighted by Gasteiger charge is 2.06. The van der Waals surface area contributed by atoms with E-state index in [1.54, 1.807) is 7.05 Å². The summed E-state index contributed by atoms with van der Waals surface area (Å²) in [6.45, 7) is 10.7. The van der Waals surface area contributed by atoms with E-state index in [9.17, 15) is 0 Å². The summed E-state index contributed by atoms with van der Waals surface area (Å²) in [5.74, 6) is 2.50. The summed E-state index contributed by atoms with van der Waals surface area (Å²) < 4.78 is 7.86. The monoisotopic (exact) mass is 359 g/mol. The van der Waals surface area contributed by atoms with Gasteiger partial charge in [0.15, 0.2) is 5.96 Å². The summed E-state index contributed by atoms with van der Waals surface area (Å²) in [5.41, 5.74) is 2.27. The highest BCUT2D eigenvalue weighted by molar-refractivity contribution is 5.79. The molecule has 0 aliphatic heterocycles. The summed E-state index contributed by atoms with van der Waals surface area (Å²) in [6.07, 6.45) is 1.99. The molecule has 1 aromatic carbocycles. The molecule has 1 heterocycles. The second-order valence-corrected chi connectivity index (χ2v) is 6.90. The van der Waals surface area contributed by atoms with Crippen molar-refractivity contribution < 1.29 is 4.74 Å². The molecular formula is C20H33N5O. The number of para-hydroxylation sites is 2. The number of hydrogen-bond acceptors (Lipinski definition) is 3. The minimum atomic E-state index is 0.591. The summed E-state index contributed by atoms with van der Waals surface area (Å²) in [6, 6.07) is 8.29. The third-order valence-corrected chi connectivity index (χ3v) is 4.13. The van der Waals surface area contributed by atoms with Crippen molar-refractivity contribution in [3.63, 3.8) is 0 Å². The Balaban J connectivity index is 1.65. The lowest BCUT2D eigenvalue weighted by Gasteiger charge is -2.13. The van der Waals surface area contributed by atoms with Gasteiger partial charge in [-0.3, -0.25) is 4.99 Å². The minimum absolute atomic E-state index is 0.591. The molecule has 0 unspecified atom stereocenters. The number of hydrogen-bond donors (Lipinski definition) is 2. The predicted octanol–water partition coefficient (Wildman–Crippen LogP) is 2.96. The second kappa shape index (κ2) is 10.8. The maximum Gasteiger partial charge on any atom is 0.190 e. The Morgan fingerprint density at radius 3 is 2.65 bits per heavy atom. The van der Waals surface area contributed by atoms with Crippen LogP contribution in [0.15, 0.2) is 29.3 Å². The Kier molecular flexibility index (Phi) is 8.41. The number of imidazole rings is 1. The van der Waals surface area contributed by atoms with Crippen LogP contribution in [0.2, 0.25) is 0 Å². The van der Waals surface area contributed by atoms with Crippen molar-refractivity contribution >= 4 is 17.0 Å². The number of aromatic nitrogens is 2. The lowest BCUT2D eigenvalue weighted by Crippen LogP contribution is -2.38. The number of rotatable bonds is 10. The van der Waals surface area contributed by atoms with Gasteiger partial charge < -0.3 is 19.9 Å². The third kappa shape index (κ3) is 6.33. The zero-order valence-corrected chi connectivity index (χ0v) is 16.6. The molecule has 0 spiro atoms. The van der Waals surface area contributed by atoms with E-state index in [1.165, 1.54) is 5.52 Å². The number of nitrogens with one attached hydrogen (secondary N) is 2. The van der Waals surface area contributed by atoms with Gasteiger partial charge in [0.1, 0.15) is 5.82 Å². The predicted molar refractivity (Wildman–Crippen MR) is 109 cm³/mol. The Labute approximate surface area is 157 Å². The van der Waals surface area contributed by atoms with Crippen LogP contribution in [0.4, 0.5) is 0 Å². The van der Waals surface area contributed by atoms with Crippen LogP contribution in [0, 0.1) is 12.8 Å². The molecule has 144 valence electrons. The topological polar surface area (TPSA) is 63.5 Å². The fraction of sp³-hybridized carbons (Fsp3) is 0.600. The van der Waals surface area contributed by atoms with E-state index in [0.29, 0.717) is 5.92 Å². The normalized spacial score (nSPS) is 12.1. The van der Waals surface area contributed by atoms with Crippen molar-refractivity contribution in [3.8, 4) is 0 Å². The molecule has 0 aliphatic rings. The van der Waals surface area contributed by atoms with Gasteiger partial charge in [-0.05, 0) is 37.8 Å². The number of fused-ring (bicyclic) bond motifs is 1. The van der Waals surface area contributed by atoms with Crippen LogP contribution in [0.1, 0.15) is 32.5 Å². The van der Waals surface area contributed by atoms with Crippen LogP contribution >= 0.6 is 0 Å². The van der Waals surface area contributed by atoms with Crippen molar-refractivity contribution in [2.45, 2.75) is 40.2 Å². The van der Waals surface area contributed by atoms with Crippen molar-refractivity contribution in [1.82, 2.24) is 20.2 Å². The zero-order valence-electron chi connectivity index (χ0n) is 16.6. The summed E-state index contributed by atoms with van der Waals surface area (Å²) in [7, 11) is 1.80. The lowest BCUT2D eigenvalue weighted by atomic mass is 10.2. The van der Waals surface area contributed by atoms with Crippen molar-refractivity contribution in [3.05, 3.63) is 30.1 Å². The maximum atomic E-state index is 5.59. The molecule has 0 amide bonds. The van der Waals surface area contributed by atoms with Gasteiger partial charge in [-0.25, -0.2) is 4.98 Å². The molecule has 6 heteroatoms. The fourth-order valence-corrected chi connectivity index (χ4v) is 2.84. The van der Waals surface area contributed by atoms with Crippen LogP contribution < -0.4 is 10.6 Å². The molecule has 0 bridgehead atoms. The van der Waals surface area contributed by atoms with E-state index < -0.39 is 0 Å². The van der Waals surface area contributed by atoms with E-state index in [2.05, 4.69) is 64.1 Å². The fourth-order valence-electron chi connectivity index (χ4n) is 2.84. The average molecular weight is 360 g/mol. The molecule has 2 aromatic rings. The van der Waals surface area contributed by atoms with E-state index in [1.807, 2.05) is 6.07 Å². The smallest absolute Gasteiger partial charge is 0.190 e. The third-order valence-electron chi connectivity index (χ3n) is 4.13. The van der Waals surface area contributed by atoms with E-state index in [-0.39, 0.29) is 0 Å². The van der Waals surface area contributed by atoms with Gasteiger partial charge >= 0.3 is 0 Å². The quantitative estimate of drug-likeness (QED) is 0.389. The van der Waals surface area contributed by atoms with Crippen LogP contribution in [0.25, 0.3) is 11.0 Å². The Hall–Kier alpha value is -2.08.